The zero-order valence-corrected chi connectivity index (χ0v) is 19.3. The number of H-pyrrole nitrogens is 1. The van der Waals surface area contributed by atoms with Crippen LogP contribution in [0.1, 0.15) is 34.9 Å². The molecule has 0 aromatic carbocycles. The highest BCUT2D eigenvalue weighted by Gasteiger charge is 2.22. The number of nitrogens with zero attached hydrogens (tertiary/aromatic N) is 2. The lowest BCUT2D eigenvalue weighted by atomic mass is 10.2. The van der Waals surface area contributed by atoms with Crippen molar-refractivity contribution in [3.63, 3.8) is 0 Å². The maximum absolute atomic E-state index is 12.7. The first kappa shape index (κ1) is 25.2. The number of hydrogen-bond acceptors (Lipinski definition) is 9. The molecule has 0 aliphatic carbocycles. The van der Waals surface area contributed by atoms with Crippen molar-refractivity contribution in [3.05, 3.63) is 39.3 Å². The van der Waals surface area contributed by atoms with Crippen LogP contribution in [0, 0.1) is 6.92 Å². The maximum atomic E-state index is 12.7. The van der Waals surface area contributed by atoms with Gasteiger partial charge in [-0.05, 0) is 26.3 Å². The largest absolute Gasteiger partial charge is 0.459 e. The normalized spacial score (nSPS) is 12.6. The highest BCUT2D eigenvalue weighted by atomic mass is 32.1. The van der Waals surface area contributed by atoms with Crippen molar-refractivity contribution in [3.8, 4) is 0 Å². The lowest BCUT2D eigenvalue weighted by Gasteiger charge is -2.24. The Morgan fingerprint density at radius 3 is 2.81 bits per heavy atom. The molecule has 2 aromatic heterocycles. The Morgan fingerprint density at radius 2 is 2.16 bits per heavy atom. The van der Waals surface area contributed by atoms with E-state index in [-0.39, 0.29) is 18.3 Å². The smallest absolute Gasteiger partial charge is 0.348 e. The van der Waals surface area contributed by atoms with Crippen molar-refractivity contribution in [2.24, 2.45) is 0 Å². The molecule has 31 heavy (non-hydrogen) atoms. The molecule has 0 aliphatic heterocycles. The van der Waals surface area contributed by atoms with Gasteiger partial charge >= 0.3 is 5.97 Å². The van der Waals surface area contributed by atoms with Gasteiger partial charge in [0.05, 0.1) is 44.0 Å². The third-order valence-corrected chi connectivity index (χ3v) is 5.54. The number of fused-ring (bicyclic) bond motifs is 1. The molecule has 0 bridgehead atoms. The average molecular weight is 454 g/mol. The van der Waals surface area contributed by atoms with E-state index in [1.807, 2.05) is 4.90 Å². The highest BCUT2D eigenvalue weighted by Crippen LogP contribution is 2.28. The summed E-state index contributed by atoms with van der Waals surface area (Å²) in [4.78, 5) is 35.2. The third kappa shape index (κ3) is 7.22. The van der Waals surface area contributed by atoms with Gasteiger partial charge in [-0.15, -0.1) is 17.9 Å². The summed E-state index contributed by atoms with van der Waals surface area (Å²) in [6.07, 6.45) is 0.650. The predicted octanol–water partition coefficient (Wildman–Crippen LogP) is 1.87. The van der Waals surface area contributed by atoms with Crippen LogP contribution in [-0.2, 0) is 20.8 Å². The fourth-order valence-electron chi connectivity index (χ4n) is 3.03. The molecule has 9 nitrogen and oxygen atoms in total. The molecule has 0 saturated carbocycles. The van der Waals surface area contributed by atoms with E-state index in [4.69, 9.17) is 14.2 Å². The molecular weight excluding hydrogens is 422 g/mol. The maximum Gasteiger partial charge on any atom is 0.348 e. The number of thiophene rings is 1. The molecule has 2 aromatic rings. The topological polar surface area (TPSA) is 114 Å². The van der Waals surface area contributed by atoms with Gasteiger partial charge in [0.15, 0.2) is 0 Å². The molecule has 2 N–H and O–H groups in total. The summed E-state index contributed by atoms with van der Waals surface area (Å²) in [6.45, 7) is 11.0. The summed E-state index contributed by atoms with van der Waals surface area (Å²) in [7, 11) is 1.60. The van der Waals surface area contributed by atoms with Crippen molar-refractivity contribution in [2.75, 3.05) is 40.0 Å². The summed E-state index contributed by atoms with van der Waals surface area (Å²) in [5, 5.41) is 10.6. The van der Waals surface area contributed by atoms with Crippen molar-refractivity contribution in [1.82, 2.24) is 14.9 Å². The minimum atomic E-state index is -0.714. The van der Waals surface area contributed by atoms with Crippen molar-refractivity contribution < 1.29 is 24.1 Å². The highest BCUT2D eigenvalue weighted by molar-refractivity contribution is 7.20. The summed E-state index contributed by atoms with van der Waals surface area (Å²) in [6, 6.07) is 0. The van der Waals surface area contributed by atoms with Crippen molar-refractivity contribution in [2.45, 2.75) is 39.5 Å². The second kappa shape index (κ2) is 12.1. The minimum absolute atomic E-state index is 0.171. The van der Waals surface area contributed by atoms with Crippen LogP contribution >= 0.6 is 11.3 Å². The molecule has 0 spiro atoms. The number of hydrogen-bond donors (Lipinski definition) is 2. The lowest BCUT2D eigenvalue weighted by Crippen LogP contribution is -2.37. The zero-order valence-electron chi connectivity index (χ0n) is 18.5. The predicted molar refractivity (Wildman–Crippen MR) is 120 cm³/mol. The van der Waals surface area contributed by atoms with Crippen LogP contribution in [0.4, 0.5) is 0 Å². The van der Waals surface area contributed by atoms with Gasteiger partial charge in [0.25, 0.3) is 5.56 Å². The van der Waals surface area contributed by atoms with Crippen LogP contribution in [-0.4, -0.2) is 78.2 Å². The number of carbonyl (C=O) groups excluding carboxylic acids is 1. The van der Waals surface area contributed by atoms with Crippen molar-refractivity contribution in [1.29, 1.82) is 0 Å². The Bertz CT molecular complexity index is 939. The fourth-order valence-corrected chi connectivity index (χ4v) is 4.11. The summed E-state index contributed by atoms with van der Waals surface area (Å²) < 4.78 is 15.7. The molecule has 2 rings (SSSR count). The van der Waals surface area contributed by atoms with E-state index in [9.17, 15) is 14.7 Å². The Labute approximate surface area is 185 Å². The van der Waals surface area contributed by atoms with Gasteiger partial charge < -0.3 is 24.3 Å². The molecule has 1 atom stereocenters. The number of carbonyl (C=O) groups is 1. The standard InChI is InChI=1S/C21H31N3O6S/c1-6-8-29-12-15(25)10-24(7-9-28-5)11-16-22-19(26)17-14(4)18(31-20(17)23-16)21(27)30-13(2)3/h6,13,15,25H,1,7-12H2,2-5H3,(H,22,23,26). The van der Waals surface area contributed by atoms with Gasteiger partial charge in [0, 0.05) is 20.2 Å². The molecule has 0 fully saturated rings. The Balaban J connectivity index is 2.23. The van der Waals surface area contributed by atoms with Crippen molar-refractivity contribution >= 4 is 27.5 Å². The Morgan fingerprint density at radius 1 is 1.42 bits per heavy atom. The number of methoxy groups -OCH3 is 1. The summed E-state index contributed by atoms with van der Waals surface area (Å²) in [5.74, 6) is -0.0151. The van der Waals surface area contributed by atoms with Crippen LogP contribution in [0.15, 0.2) is 17.4 Å². The van der Waals surface area contributed by atoms with E-state index in [1.165, 1.54) is 0 Å². The van der Waals surface area contributed by atoms with E-state index in [0.29, 0.717) is 59.3 Å². The number of ether oxygens (including phenoxy) is 3. The Kier molecular flexibility index (Phi) is 9.79. The number of nitrogens with one attached hydrogen (secondary N) is 1. The van der Waals surface area contributed by atoms with Gasteiger partial charge in [0.1, 0.15) is 15.5 Å². The van der Waals surface area contributed by atoms with E-state index in [2.05, 4.69) is 16.5 Å². The molecule has 1 unspecified atom stereocenters. The number of rotatable bonds is 13. The summed E-state index contributed by atoms with van der Waals surface area (Å²) >= 11 is 1.15. The van der Waals surface area contributed by atoms with Gasteiger partial charge in [-0.1, -0.05) is 6.08 Å². The van der Waals surface area contributed by atoms with Gasteiger partial charge in [-0.3, -0.25) is 9.69 Å². The minimum Gasteiger partial charge on any atom is -0.459 e. The fraction of sp³-hybridized carbons (Fsp3) is 0.571. The average Bonchev–Trinajstić information content (AvgIpc) is 3.02. The van der Waals surface area contributed by atoms with Gasteiger partial charge in [-0.25, -0.2) is 9.78 Å². The first-order valence-corrected chi connectivity index (χ1v) is 10.9. The molecule has 0 aliphatic rings. The number of aryl methyl sites for hydroxylation is 1. The second-order valence-corrected chi connectivity index (χ2v) is 8.41. The molecule has 10 heteroatoms. The summed E-state index contributed by atoms with van der Waals surface area (Å²) in [5.41, 5.74) is 0.260. The number of esters is 1. The molecular formula is C21H31N3O6S. The first-order valence-electron chi connectivity index (χ1n) is 10.1. The SMILES string of the molecule is C=CCOCC(O)CN(CCOC)Cc1nc2sc(C(=O)OC(C)C)c(C)c2c(=O)[nH]1. The second-order valence-electron chi connectivity index (χ2n) is 7.41. The van der Waals surface area contributed by atoms with Gasteiger partial charge in [-0.2, -0.15) is 0 Å². The van der Waals surface area contributed by atoms with E-state index >= 15 is 0 Å². The molecule has 0 radical (unpaired) electrons. The lowest BCUT2D eigenvalue weighted by molar-refractivity contribution is 0.0188. The van der Waals surface area contributed by atoms with Crippen LogP contribution < -0.4 is 5.56 Å². The zero-order chi connectivity index (χ0) is 23.0. The quantitative estimate of drug-likeness (QED) is 0.268. The van der Waals surface area contributed by atoms with Crippen LogP contribution in [0.5, 0.6) is 0 Å². The van der Waals surface area contributed by atoms with Gasteiger partial charge in [0.2, 0.25) is 0 Å². The number of aromatic nitrogens is 2. The number of aliphatic hydroxyl groups is 1. The van der Waals surface area contributed by atoms with E-state index in [0.717, 1.165) is 11.3 Å². The van der Waals surface area contributed by atoms with E-state index in [1.54, 1.807) is 34.0 Å². The molecule has 2 heterocycles. The van der Waals surface area contributed by atoms with Crippen LogP contribution in [0.2, 0.25) is 0 Å². The first-order chi connectivity index (χ1) is 14.8. The van der Waals surface area contributed by atoms with Crippen LogP contribution in [0.3, 0.4) is 0 Å². The molecule has 0 amide bonds. The number of aliphatic hydroxyl groups excluding tert-OH is 1. The monoisotopic (exact) mass is 453 g/mol. The Hall–Kier alpha value is -2.11. The molecule has 0 saturated heterocycles. The third-order valence-electron chi connectivity index (χ3n) is 4.38. The van der Waals surface area contributed by atoms with Crippen LogP contribution in [0.25, 0.3) is 10.2 Å². The number of aromatic amines is 1. The molecule has 172 valence electrons. The van der Waals surface area contributed by atoms with E-state index < -0.39 is 12.1 Å².